The number of aliphatic hydroxyl groups excluding tert-OH is 2. The lowest BCUT2D eigenvalue weighted by atomic mass is 10.0. The van der Waals surface area contributed by atoms with E-state index in [1.54, 1.807) is 11.3 Å². The average Bonchev–Trinajstić information content (AvgIpc) is 3.57. The largest absolute Gasteiger partial charge is 0.490 e. The molecular formula is C24H29ClF3N5O5S. The molecule has 1 fully saturated rings. The Labute approximate surface area is 230 Å². The van der Waals surface area contributed by atoms with E-state index in [4.69, 9.17) is 21.5 Å². The number of fused-ring (bicyclic) bond motifs is 1. The van der Waals surface area contributed by atoms with E-state index in [1.807, 2.05) is 35.2 Å². The van der Waals surface area contributed by atoms with E-state index < -0.39 is 36.3 Å². The molecule has 39 heavy (non-hydrogen) atoms. The molecule has 3 aromatic rings. The second-order valence-electron chi connectivity index (χ2n) is 8.92. The minimum Gasteiger partial charge on any atom is -0.475 e. The molecule has 1 saturated carbocycles. The summed E-state index contributed by atoms with van der Waals surface area (Å²) in [5, 5.41) is 38.1. The maximum atomic E-state index is 12.3. The number of aliphatic carboxylic acids is 1. The quantitative estimate of drug-likeness (QED) is 0.267. The van der Waals surface area contributed by atoms with Crippen LogP contribution in [0.15, 0.2) is 30.0 Å². The SMILES string of the molecule is CCNC(=O)[C@H]1C[C@@H](n2ccc3c(N[C@H](CC)Cc4sccc4Cl)ncnc32)[C@H](O)[C@@H]1O.O=C(O)C(F)(F)F. The number of carboxylic acids is 1. The van der Waals surface area contributed by atoms with Crippen molar-refractivity contribution >= 4 is 51.7 Å². The number of thiophene rings is 1. The third kappa shape index (κ3) is 7.18. The molecule has 1 aliphatic rings. The van der Waals surface area contributed by atoms with Crippen LogP contribution < -0.4 is 10.6 Å². The summed E-state index contributed by atoms with van der Waals surface area (Å²) in [5.74, 6) is -2.95. The molecule has 3 aromatic heterocycles. The Hall–Kier alpha value is -2.94. The van der Waals surface area contributed by atoms with Crippen molar-refractivity contribution in [3.8, 4) is 0 Å². The monoisotopic (exact) mass is 591 g/mol. The van der Waals surface area contributed by atoms with Gasteiger partial charge in [-0.05, 0) is 37.3 Å². The van der Waals surface area contributed by atoms with Crippen LogP contribution in [-0.2, 0) is 16.0 Å². The first kappa shape index (κ1) is 30.6. The summed E-state index contributed by atoms with van der Waals surface area (Å²) in [6.07, 6.45) is -1.92. The molecule has 1 amide bonds. The predicted molar refractivity (Wildman–Crippen MR) is 140 cm³/mol. The van der Waals surface area contributed by atoms with Gasteiger partial charge in [0.15, 0.2) is 0 Å². The Morgan fingerprint density at radius 1 is 1.23 bits per heavy atom. The minimum atomic E-state index is -5.08. The molecule has 3 heterocycles. The highest BCUT2D eigenvalue weighted by atomic mass is 35.5. The number of aromatic nitrogens is 3. The molecule has 0 aromatic carbocycles. The number of nitrogens with zero attached hydrogens (tertiary/aromatic N) is 3. The number of hydrogen-bond acceptors (Lipinski definition) is 8. The second kappa shape index (κ2) is 12.9. The van der Waals surface area contributed by atoms with Gasteiger partial charge in [-0.15, -0.1) is 11.3 Å². The molecule has 1 aliphatic carbocycles. The molecule has 0 unspecified atom stereocenters. The number of amides is 1. The number of halogens is 4. The third-order valence-corrected chi connectivity index (χ3v) is 7.81. The number of carboxylic acid groups (broad SMARTS) is 1. The summed E-state index contributed by atoms with van der Waals surface area (Å²) < 4.78 is 33.6. The molecule has 0 bridgehead atoms. The van der Waals surface area contributed by atoms with Crippen LogP contribution in [0.2, 0.25) is 5.02 Å². The van der Waals surface area contributed by atoms with Gasteiger partial charge >= 0.3 is 12.1 Å². The first-order chi connectivity index (χ1) is 18.4. The molecule has 5 atom stereocenters. The lowest BCUT2D eigenvalue weighted by molar-refractivity contribution is -0.192. The minimum absolute atomic E-state index is 0.147. The topological polar surface area (TPSA) is 150 Å². The van der Waals surface area contributed by atoms with E-state index in [9.17, 15) is 28.2 Å². The van der Waals surface area contributed by atoms with Gasteiger partial charge in [0.05, 0.1) is 28.5 Å². The number of aliphatic hydroxyl groups is 2. The second-order valence-corrected chi connectivity index (χ2v) is 10.3. The van der Waals surface area contributed by atoms with Gasteiger partial charge in [0.2, 0.25) is 5.91 Å². The van der Waals surface area contributed by atoms with Crippen molar-refractivity contribution in [3.63, 3.8) is 0 Å². The number of hydrogen-bond donors (Lipinski definition) is 5. The van der Waals surface area contributed by atoms with Gasteiger partial charge in [-0.25, -0.2) is 14.8 Å². The van der Waals surface area contributed by atoms with Gasteiger partial charge in [0.25, 0.3) is 0 Å². The van der Waals surface area contributed by atoms with Gasteiger partial charge in [0.1, 0.15) is 23.9 Å². The highest BCUT2D eigenvalue weighted by Gasteiger charge is 2.46. The van der Waals surface area contributed by atoms with Gasteiger partial charge in [-0.1, -0.05) is 18.5 Å². The van der Waals surface area contributed by atoms with E-state index in [0.29, 0.717) is 24.4 Å². The molecule has 0 aliphatic heterocycles. The number of carbonyl (C=O) groups excluding carboxylic acids is 1. The highest BCUT2D eigenvalue weighted by molar-refractivity contribution is 7.10. The van der Waals surface area contributed by atoms with Gasteiger partial charge < -0.3 is 30.5 Å². The lowest BCUT2D eigenvalue weighted by Gasteiger charge is -2.20. The zero-order valence-corrected chi connectivity index (χ0v) is 22.6. The Kier molecular flexibility index (Phi) is 10.2. The molecule has 0 radical (unpaired) electrons. The lowest BCUT2D eigenvalue weighted by Crippen LogP contribution is -2.38. The van der Waals surface area contributed by atoms with Gasteiger partial charge in [-0.2, -0.15) is 13.2 Å². The molecular weight excluding hydrogens is 563 g/mol. The van der Waals surface area contributed by atoms with Crippen LogP contribution in [0.4, 0.5) is 19.0 Å². The molecule has 4 rings (SSSR count). The summed E-state index contributed by atoms with van der Waals surface area (Å²) in [7, 11) is 0. The number of nitrogens with one attached hydrogen (secondary N) is 2. The number of anilines is 1. The number of rotatable bonds is 8. The first-order valence-electron chi connectivity index (χ1n) is 12.1. The van der Waals surface area contributed by atoms with Crippen molar-refractivity contribution in [2.24, 2.45) is 5.92 Å². The van der Waals surface area contributed by atoms with E-state index in [2.05, 4.69) is 27.5 Å². The number of alkyl halides is 3. The van der Waals surface area contributed by atoms with Crippen LogP contribution in [0, 0.1) is 5.92 Å². The fourth-order valence-electron chi connectivity index (χ4n) is 4.39. The van der Waals surface area contributed by atoms with Crippen molar-refractivity contribution in [2.45, 2.75) is 63.6 Å². The maximum Gasteiger partial charge on any atom is 0.490 e. The van der Waals surface area contributed by atoms with Crippen molar-refractivity contribution in [1.82, 2.24) is 19.9 Å². The van der Waals surface area contributed by atoms with Crippen molar-refractivity contribution < 1.29 is 38.1 Å². The van der Waals surface area contributed by atoms with Crippen molar-refractivity contribution in [2.75, 3.05) is 11.9 Å². The molecule has 15 heteroatoms. The van der Waals surface area contributed by atoms with Gasteiger partial charge in [0, 0.05) is 30.1 Å². The zero-order valence-electron chi connectivity index (χ0n) is 21.0. The fraction of sp³-hybridized carbons (Fsp3) is 0.500. The van der Waals surface area contributed by atoms with Crippen LogP contribution in [0.25, 0.3) is 11.0 Å². The summed E-state index contributed by atoms with van der Waals surface area (Å²) in [6.45, 7) is 4.42. The molecule has 10 nitrogen and oxygen atoms in total. The van der Waals surface area contributed by atoms with E-state index in [-0.39, 0.29) is 11.9 Å². The Balaban J connectivity index is 0.000000532. The highest BCUT2D eigenvalue weighted by Crippen LogP contribution is 2.38. The average molecular weight is 592 g/mol. The smallest absolute Gasteiger partial charge is 0.475 e. The normalized spacial score (nSPS) is 21.7. The molecule has 5 N–H and O–H groups in total. The summed E-state index contributed by atoms with van der Waals surface area (Å²) in [4.78, 5) is 31.2. The van der Waals surface area contributed by atoms with E-state index in [1.165, 1.54) is 6.33 Å². The van der Waals surface area contributed by atoms with Crippen LogP contribution in [0.5, 0.6) is 0 Å². The predicted octanol–water partition coefficient (Wildman–Crippen LogP) is 3.63. The van der Waals surface area contributed by atoms with Crippen molar-refractivity contribution in [3.05, 3.63) is 39.9 Å². The van der Waals surface area contributed by atoms with Crippen LogP contribution in [0.3, 0.4) is 0 Å². The molecule has 0 spiro atoms. The molecule has 214 valence electrons. The Bertz CT molecular complexity index is 1290. The standard InChI is InChI=1S/C22H28ClN5O3S.C2HF3O2/c1-3-12(9-17-15(23)6-8-32-17)27-20-13-5-7-28(21(13)26-11-25-20)16-10-14(18(29)19(16)30)22(31)24-4-2;3-2(4,5)1(6)7/h5-8,11-12,14,16,18-19,29-30H,3-4,9-10H2,1-2H3,(H,24,31)(H,25,26,27);(H,6,7)/t12-,14+,16-,18-,19+;/m1./s1. The maximum absolute atomic E-state index is 12.3. The third-order valence-electron chi connectivity index (χ3n) is 6.41. The van der Waals surface area contributed by atoms with Gasteiger partial charge in [-0.3, -0.25) is 4.79 Å². The zero-order chi connectivity index (χ0) is 28.9. The Morgan fingerprint density at radius 3 is 2.49 bits per heavy atom. The number of carbonyl (C=O) groups is 2. The van der Waals surface area contributed by atoms with E-state index in [0.717, 1.165) is 28.1 Å². The first-order valence-corrected chi connectivity index (χ1v) is 13.4. The van der Waals surface area contributed by atoms with Crippen LogP contribution in [-0.4, -0.2) is 72.7 Å². The summed E-state index contributed by atoms with van der Waals surface area (Å²) in [5.41, 5.74) is 0.652. The van der Waals surface area contributed by atoms with E-state index >= 15 is 0 Å². The van der Waals surface area contributed by atoms with Crippen LogP contribution in [0.1, 0.15) is 37.6 Å². The van der Waals surface area contributed by atoms with Crippen LogP contribution >= 0.6 is 22.9 Å². The Morgan fingerprint density at radius 2 is 1.92 bits per heavy atom. The fourth-order valence-corrected chi connectivity index (χ4v) is 5.58. The summed E-state index contributed by atoms with van der Waals surface area (Å²) in [6, 6.07) is 3.51. The molecule has 0 saturated heterocycles. The van der Waals surface area contributed by atoms with Crippen molar-refractivity contribution in [1.29, 1.82) is 0 Å². The summed E-state index contributed by atoms with van der Waals surface area (Å²) >= 11 is 7.92.